The van der Waals surface area contributed by atoms with Gasteiger partial charge < -0.3 is 9.72 Å². The summed E-state index contributed by atoms with van der Waals surface area (Å²) in [4.78, 5) is 36.9. The van der Waals surface area contributed by atoms with Crippen LogP contribution in [-0.4, -0.2) is 21.5 Å². The van der Waals surface area contributed by atoms with Gasteiger partial charge in [0, 0.05) is 0 Å². The third kappa shape index (κ3) is 4.03. The molecule has 0 bridgehead atoms. The van der Waals surface area contributed by atoms with Gasteiger partial charge in [-0.1, -0.05) is 30.9 Å². The molecule has 0 fully saturated rings. The number of nitrogens with zero attached hydrogens (tertiary/aromatic N) is 1. The first-order valence-corrected chi connectivity index (χ1v) is 6.54. The lowest BCUT2D eigenvalue weighted by Crippen LogP contribution is -2.25. The molecule has 0 radical (unpaired) electrons. The topological polar surface area (TPSA) is 118 Å². The Balaban J connectivity index is 2.30. The summed E-state index contributed by atoms with van der Waals surface area (Å²) >= 11 is 0. The highest BCUT2D eigenvalue weighted by atomic mass is 16.6. The predicted octanol–water partition coefficient (Wildman–Crippen LogP) is 1.71. The van der Waals surface area contributed by atoms with Crippen LogP contribution in [0.1, 0.15) is 11.3 Å². The lowest BCUT2D eigenvalue weighted by atomic mass is 10.2. The van der Waals surface area contributed by atoms with Crippen LogP contribution in [0.3, 0.4) is 0 Å². The standard InChI is InChI=1S/C15H13N3O5/c1-2-9-23-11-6-3-10(4-7-11)5-8-12-13(18(21)22)14(19)17-15(20)16-12/h2-8H,1,9H2,(H2,16,17,19,20)/b8-5-. The summed E-state index contributed by atoms with van der Waals surface area (Å²) in [5, 5.41) is 10.9. The Labute approximate surface area is 129 Å². The first kappa shape index (κ1) is 16.0. The lowest BCUT2D eigenvalue weighted by molar-refractivity contribution is -0.386. The number of rotatable bonds is 6. The molecule has 118 valence electrons. The molecule has 0 aliphatic carbocycles. The van der Waals surface area contributed by atoms with Gasteiger partial charge in [0.25, 0.3) is 0 Å². The molecule has 0 spiro atoms. The van der Waals surface area contributed by atoms with Crippen molar-refractivity contribution in [2.24, 2.45) is 0 Å². The van der Waals surface area contributed by atoms with E-state index in [1.54, 1.807) is 30.3 Å². The second-order valence-electron chi connectivity index (χ2n) is 4.43. The largest absolute Gasteiger partial charge is 0.490 e. The summed E-state index contributed by atoms with van der Waals surface area (Å²) in [6.45, 7) is 3.93. The molecule has 0 saturated carbocycles. The van der Waals surface area contributed by atoms with Crippen LogP contribution in [0.5, 0.6) is 5.75 Å². The van der Waals surface area contributed by atoms with Crippen molar-refractivity contribution < 1.29 is 9.66 Å². The summed E-state index contributed by atoms with van der Waals surface area (Å²) in [6, 6.07) is 6.90. The van der Waals surface area contributed by atoms with Crippen molar-refractivity contribution in [3.8, 4) is 5.75 Å². The quantitative estimate of drug-likeness (QED) is 0.478. The average molecular weight is 315 g/mol. The molecule has 1 aromatic heterocycles. The Bertz CT molecular complexity index is 862. The monoisotopic (exact) mass is 315 g/mol. The summed E-state index contributed by atoms with van der Waals surface area (Å²) < 4.78 is 5.33. The van der Waals surface area contributed by atoms with E-state index in [4.69, 9.17) is 4.74 Å². The van der Waals surface area contributed by atoms with Crippen LogP contribution in [-0.2, 0) is 0 Å². The first-order chi connectivity index (χ1) is 11.0. The highest BCUT2D eigenvalue weighted by molar-refractivity contribution is 5.71. The average Bonchev–Trinajstić information content (AvgIpc) is 2.50. The van der Waals surface area contributed by atoms with Crippen molar-refractivity contribution in [2.45, 2.75) is 0 Å². The minimum Gasteiger partial charge on any atom is -0.490 e. The molecule has 8 nitrogen and oxygen atoms in total. The second-order valence-corrected chi connectivity index (χ2v) is 4.43. The third-order valence-corrected chi connectivity index (χ3v) is 2.82. The van der Waals surface area contributed by atoms with E-state index < -0.39 is 21.9 Å². The number of nitro groups is 1. The van der Waals surface area contributed by atoms with E-state index in [-0.39, 0.29) is 5.69 Å². The highest BCUT2D eigenvalue weighted by Crippen LogP contribution is 2.16. The number of H-pyrrole nitrogens is 2. The van der Waals surface area contributed by atoms with Gasteiger partial charge in [-0.15, -0.1) is 0 Å². The number of aromatic amines is 2. The number of hydrogen-bond acceptors (Lipinski definition) is 5. The Kier molecular flexibility index (Phi) is 4.88. The van der Waals surface area contributed by atoms with Crippen molar-refractivity contribution >= 4 is 17.8 Å². The van der Waals surface area contributed by atoms with Gasteiger partial charge in [0.05, 0.1) is 4.92 Å². The molecule has 0 amide bonds. The van der Waals surface area contributed by atoms with Crippen molar-refractivity contribution in [1.82, 2.24) is 9.97 Å². The van der Waals surface area contributed by atoms with E-state index in [9.17, 15) is 19.7 Å². The molecular weight excluding hydrogens is 302 g/mol. The lowest BCUT2D eigenvalue weighted by Gasteiger charge is -2.02. The van der Waals surface area contributed by atoms with Gasteiger partial charge in [0.2, 0.25) is 0 Å². The molecule has 1 aromatic carbocycles. The molecule has 0 aliphatic heterocycles. The highest BCUT2D eigenvalue weighted by Gasteiger charge is 2.18. The molecule has 1 heterocycles. The predicted molar refractivity (Wildman–Crippen MR) is 85.4 cm³/mol. The smallest absolute Gasteiger partial charge is 0.357 e. The number of aromatic nitrogens is 2. The van der Waals surface area contributed by atoms with Crippen molar-refractivity contribution in [3.63, 3.8) is 0 Å². The van der Waals surface area contributed by atoms with Crippen LogP contribution in [0.2, 0.25) is 0 Å². The molecule has 0 aliphatic rings. The molecule has 2 aromatic rings. The van der Waals surface area contributed by atoms with E-state index in [1.807, 2.05) is 4.98 Å². The molecule has 8 heteroatoms. The van der Waals surface area contributed by atoms with Gasteiger partial charge >= 0.3 is 16.9 Å². The maximum Gasteiger partial charge on any atom is 0.357 e. The fourth-order valence-corrected chi connectivity index (χ4v) is 1.81. The molecule has 0 saturated heterocycles. The van der Waals surface area contributed by atoms with Gasteiger partial charge in [-0.3, -0.25) is 19.9 Å². The SMILES string of the molecule is C=CCOc1ccc(/C=C\c2[nH]c(=O)[nH]c(=O)c2[N+](=O)[O-])cc1. The van der Waals surface area contributed by atoms with Crippen LogP contribution in [0.15, 0.2) is 46.5 Å². The molecule has 2 rings (SSSR count). The van der Waals surface area contributed by atoms with Crippen LogP contribution in [0.25, 0.3) is 12.2 Å². The van der Waals surface area contributed by atoms with E-state index in [1.165, 1.54) is 12.2 Å². The van der Waals surface area contributed by atoms with Crippen LogP contribution in [0.4, 0.5) is 5.69 Å². The van der Waals surface area contributed by atoms with E-state index in [0.29, 0.717) is 17.9 Å². The minimum absolute atomic E-state index is 0.171. The molecule has 0 unspecified atom stereocenters. The van der Waals surface area contributed by atoms with E-state index >= 15 is 0 Å². The number of ether oxygens (including phenoxy) is 1. The summed E-state index contributed by atoms with van der Waals surface area (Å²) in [5.41, 5.74) is -2.03. The Morgan fingerprint density at radius 3 is 2.48 bits per heavy atom. The molecule has 2 N–H and O–H groups in total. The summed E-state index contributed by atoms with van der Waals surface area (Å²) in [5.74, 6) is 0.651. The Morgan fingerprint density at radius 1 is 1.17 bits per heavy atom. The number of benzene rings is 1. The zero-order valence-electron chi connectivity index (χ0n) is 11.9. The van der Waals surface area contributed by atoms with Gasteiger partial charge in [0.1, 0.15) is 18.1 Å². The van der Waals surface area contributed by atoms with Crippen molar-refractivity contribution in [2.75, 3.05) is 6.61 Å². The van der Waals surface area contributed by atoms with Gasteiger partial charge in [-0.25, -0.2) is 4.79 Å². The van der Waals surface area contributed by atoms with Crippen LogP contribution in [0, 0.1) is 10.1 Å². The Hall–Kier alpha value is -3.42. The maximum absolute atomic E-state index is 11.5. The zero-order valence-corrected chi connectivity index (χ0v) is 11.9. The summed E-state index contributed by atoms with van der Waals surface area (Å²) in [6.07, 6.45) is 4.46. The van der Waals surface area contributed by atoms with E-state index in [2.05, 4.69) is 11.6 Å². The fourth-order valence-electron chi connectivity index (χ4n) is 1.81. The summed E-state index contributed by atoms with van der Waals surface area (Å²) in [7, 11) is 0. The van der Waals surface area contributed by atoms with Crippen LogP contribution < -0.4 is 16.0 Å². The normalized spacial score (nSPS) is 10.6. The van der Waals surface area contributed by atoms with Crippen molar-refractivity contribution in [1.29, 1.82) is 0 Å². The van der Waals surface area contributed by atoms with Crippen LogP contribution >= 0.6 is 0 Å². The maximum atomic E-state index is 11.5. The molecular formula is C15H13N3O5. The number of nitrogens with one attached hydrogen (secondary N) is 2. The zero-order chi connectivity index (χ0) is 16.8. The first-order valence-electron chi connectivity index (χ1n) is 6.54. The van der Waals surface area contributed by atoms with Gasteiger partial charge in [0.15, 0.2) is 0 Å². The molecule has 23 heavy (non-hydrogen) atoms. The second kappa shape index (κ2) is 7.03. The van der Waals surface area contributed by atoms with E-state index in [0.717, 1.165) is 0 Å². The third-order valence-electron chi connectivity index (χ3n) is 2.82. The van der Waals surface area contributed by atoms with Crippen molar-refractivity contribution in [3.05, 3.63) is 79.1 Å². The number of hydrogen-bond donors (Lipinski definition) is 2. The van der Waals surface area contributed by atoms with Gasteiger partial charge in [-0.05, 0) is 23.8 Å². The minimum atomic E-state index is -1.05. The van der Waals surface area contributed by atoms with Gasteiger partial charge in [-0.2, -0.15) is 0 Å². The Morgan fingerprint density at radius 2 is 1.87 bits per heavy atom. The fraction of sp³-hybridized carbons (Fsp3) is 0.0667. The molecule has 0 atom stereocenters.